The van der Waals surface area contributed by atoms with Crippen LogP contribution in [0.5, 0.6) is 5.75 Å². The van der Waals surface area contributed by atoms with Crippen molar-refractivity contribution in [2.45, 2.75) is 32.6 Å². The van der Waals surface area contributed by atoms with Gasteiger partial charge in [-0.05, 0) is 48.4 Å². The molecule has 0 fully saturated rings. The molecule has 0 saturated heterocycles. The molecule has 1 aromatic carbocycles. The second-order valence-corrected chi connectivity index (χ2v) is 7.60. The van der Waals surface area contributed by atoms with E-state index in [1.807, 2.05) is 24.3 Å². The maximum absolute atomic E-state index is 12.4. The Kier molecular flexibility index (Phi) is 5.08. The van der Waals surface area contributed by atoms with Crippen molar-refractivity contribution in [1.29, 1.82) is 0 Å². The summed E-state index contributed by atoms with van der Waals surface area (Å²) in [4.78, 5) is 25.5. The first-order valence-electron chi connectivity index (χ1n) is 8.35. The SMILES string of the molecule is COc1ccc(CC(=O)Nc2sc3c(c2C(N)=O)CC[C@@H](C)C3)cc1. The Morgan fingerprint density at radius 1 is 1.32 bits per heavy atom. The minimum atomic E-state index is -0.466. The summed E-state index contributed by atoms with van der Waals surface area (Å²) in [7, 11) is 1.60. The molecule has 0 spiro atoms. The predicted molar refractivity (Wildman–Crippen MR) is 99.4 cm³/mol. The number of fused-ring (bicyclic) bond motifs is 1. The number of amides is 2. The summed E-state index contributed by atoms with van der Waals surface area (Å²) in [5.74, 6) is 0.723. The highest BCUT2D eigenvalue weighted by Gasteiger charge is 2.27. The molecule has 1 aliphatic rings. The van der Waals surface area contributed by atoms with Crippen LogP contribution in [-0.4, -0.2) is 18.9 Å². The molecular formula is C19H22N2O3S. The smallest absolute Gasteiger partial charge is 0.251 e. The number of methoxy groups -OCH3 is 1. The van der Waals surface area contributed by atoms with Crippen molar-refractivity contribution >= 4 is 28.2 Å². The third-order valence-electron chi connectivity index (χ3n) is 4.53. The Morgan fingerprint density at radius 3 is 2.68 bits per heavy atom. The fourth-order valence-electron chi connectivity index (χ4n) is 3.20. The lowest BCUT2D eigenvalue weighted by molar-refractivity contribution is -0.115. The minimum absolute atomic E-state index is 0.153. The highest BCUT2D eigenvalue weighted by atomic mass is 32.1. The van der Waals surface area contributed by atoms with Gasteiger partial charge in [-0.3, -0.25) is 9.59 Å². The molecule has 0 bridgehead atoms. The van der Waals surface area contributed by atoms with E-state index in [4.69, 9.17) is 10.5 Å². The van der Waals surface area contributed by atoms with E-state index >= 15 is 0 Å². The first-order chi connectivity index (χ1) is 12.0. The van der Waals surface area contributed by atoms with Crippen molar-refractivity contribution in [3.63, 3.8) is 0 Å². The number of hydrogen-bond donors (Lipinski definition) is 2. The molecule has 1 heterocycles. The van der Waals surface area contributed by atoms with Gasteiger partial charge in [0.05, 0.1) is 19.1 Å². The first kappa shape index (κ1) is 17.5. The average Bonchev–Trinajstić information content (AvgIpc) is 2.92. The number of carbonyl (C=O) groups excluding carboxylic acids is 2. The molecule has 25 heavy (non-hydrogen) atoms. The fourth-order valence-corrected chi connectivity index (χ4v) is 4.63. The number of thiophene rings is 1. The Hall–Kier alpha value is -2.34. The number of rotatable bonds is 5. The highest BCUT2D eigenvalue weighted by molar-refractivity contribution is 7.17. The van der Waals surface area contributed by atoms with E-state index in [0.717, 1.165) is 36.1 Å². The zero-order valence-electron chi connectivity index (χ0n) is 14.4. The number of ether oxygens (including phenoxy) is 1. The van der Waals surface area contributed by atoms with E-state index < -0.39 is 5.91 Å². The summed E-state index contributed by atoms with van der Waals surface area (Å²) < 4.78 is 5.12. The summed E-state index contributed by atoms with van der Waals surface area (Å²) in [6.07, 6.45) is 3.07. The van der Waals surface area contributed by atoms with E-state index in [1.54, 1.807) is 7.11 Å². The second kappa shape index (κ2) is 7.27. The van der Waals surface area contributed by atoms with Gasteiger partial charge >= 0.3 is 0 Å². The molecule has 6 heteroatoms. The Balaban J connectivity index is 1.77. The topological polar surface area (TPSA) is 81.4 Å². The molecule has 0 radical (unpaired) electrons. The largest absolute Gasteiger partial charge is 0.497 e. The van der Waals surface area contributed by atoms with Gasteiger partial charge in [0, 0.05) is 4.88 Å². The van der Waals surface area contributed by atoms with Crippen LogP contribution in [0.2, 0.25) is 0 Å². The molecule has 0 unspecified atom stereocenters. The van der Waals surface area contributed by atoms with Gasteiger partial charge in [-0.25, -0.2) is 0 Å². The van der Waals surface area contributed by atoms with Gasteiger partial charge in [0.1, 0.15) is 10.8 Å². The van der Waals surface area contributed by atoms with Crippen molar-refractivity contribution in [2.24, 2.45) is 11.7 Å². The van der Waals surface area contributed by atoms with Crippen molar-refractivity contribution in [2.75, 3.05) is 12.4 Å². The lowest BCUT2D eigenvalue weighted by Crippen LogP contribution is -2.20. The number of primary amides is 1. The van der Waals surface area contributed by atoms with Gasteiger partial charge in [-0.1, -0.05) is 19.1 Å². The third-order valence-corrected chi connectivity index (χ3v) is 5.70. The molecular weight excluding hydrogens is 336 g/mol. The third kappa shape index (κ3) is 3.85. The Labute approximate surface area is 151 Å². The van der Waals surface area contributed by atoms with Crippen molar-refractivity contribution in [3.8, 4) is 5.75 Å². The van der Waals surface area contributed by atoms with E-state index in [9.17, 15) is 9.59 Å². The maximum atomic E-state index is 12.4. The normalized spacial score (nSPS) is 16.2. The molecule has 3 N–H and O–H groups in total. The van der Waals surface area contributed by atoms with Crippen molar-refractivity contribution < 1.29 is 14.3 Å². The minimum Gasteiger partial charge on any atom is -0.497 e. The number of nitrogens with one attached hydrogen (secondary N) is 1. The van der Waals surface area contributed by atoms with Crippen LogP contribution < -0.4 is 15.8 Å². The summed E-state index contributed by atoms with van der Waals surface area (Å²) in [5.41, 5.74) is 7.98. The van der Waals surface area contributed by atoms with Crippen LogP contribution in [-0.2, 0) is 24.1 Å². The fraction of sp³-hybridized carbons (Fsp3) is 0.368. The van der Waals surface area contributed by atoms with Crippen molar-refractivity contribution in [1.82, 2.24) is 0 Å². The molecule has 3 rings (SSSR count). The van der Waals surface area contributed by atoms with Crippen LogP contribution in [0.3, 0.4) is 0 Å². The maximum Gasteiger partial charge on any atom is 0.251 e. The van der Waals surface area contributed by atoms with Crippen LogP contribution in [0, 0.1) is 5.92 Å². The first-order valence-corrected chi connectivity index (χ1v) is 9.16. The monoisotopic (exact) mass is 358 g/mol. The molecule has 1 aliphatic carbocycles. The van der Waals surface area contributed by atoms with Crippen LogP contribution >= 0.6 is 11.3 Å². The Morgan fingerprint density at radius 2 is 2.04 bits per heavy atom. The van der Waals surface area contributed by atoms with Crippen LogP contribution in [0.4, 0.5) is 5.00 Å². The van der Waals surface area contributed by atoms with Crippen molar-refractivity contribution in [3.05, 3.63) is 45.8 Å². The average molecular weight is 358 g/mol. The molecule has 132 valence electrons. The number of anilines is 1. The highest BCUT2D eigenvalue weighted by Crippen LogP contribution is 2.39. The van der Waals surface area contributed by atoms with Crippen LogP contribution in [0.1, 0.15) is 39.7 Å². The zero-order valence-corrected chi connectivity index (χ0v) is 15.2. The number of hydrogen-bond acceptors (Lipinski definition) is 4. The summed E-state index contributed by atoms with van der Waals surface area (Å²) in [5, 5.41) is 3.48. The molecule has 2 aromatic rings. The summed E-state index contributed by atoms with van der Waals surface area (Å²) >= 11 is 1.49. The number of nitrogens with two attached hydrogens (primary N) is 1. The van der Waals surface area contributed by atoms with Crippen LogP contribution in [0.25, 0.3) is 0 Å². The van der Waals surface area contributed by atoms with Gasteiger partial charge in [0.15, 0.2) is 0 Å². The van der Waals surface area contributed by atoms with Crippen LogP contribution in [0.15, 0.2) is 24.3 Å². The van der Waals surface area contributed by atoms with E-state index in [1.165, 1.54) is 16.2 Å². The molecule has 0 saturated carbocycles. The zero-order chi connectivity index (χ0) is 18.0. The van der Waals surface area contributed by atoms with Gasteiger partial charge in [0.2, 0.25) is 5.91 Å². The molecule has 0 aliphatic heterocycles. The quantitative estimate of drug-likeness (QED) is 0.861. The van der Waals surface area contributed by atoms with Gasteiger partial charge < -0.3 is 15.8 Å². The van der Waals surface area contributed by atoms with E-state index in [2.05, 4.69) is 12.2 Å². The summed E-state index contributed by atoms with van der Waals surface area (Å²) in [6.45, 7) is 2.20. The standard InChI is InChI=1S/C19H22N2O3S/c1-11-3-8-14-15(9-11)25-19(17(14)18(20)23)21-16(22)10-12-4-6-13(24-2)7-5-12/h4-7,11H,3,8-10H2,1-2H3,(H2,20,23)(H,21,22)/t11-/m1/s1. The lowest BCUT2D eigenvalue weighted by atomic mass is 9.88. The molecule has 1 atom stereocenters. The summed E-state index contributed by atoms with van der Waals surface area (Å²) in [6, 6.07) is 7.36. The molecule has 2 amide bonds. The Bertz CT molecular complexity index is 796. The van der Waals surface area contributed by atoms with E-state index in [0.29, 0.717) is 16.5 Å². The van der Waals surface area contributed by atoms with Gasteiger partial charge in [-0.2, -0.15) is 0 Å². The predicted octanol–water partition coefficient (Wildman–Crippen LogP) is 3.16. The second-order valence-electron chi connectivity index (χ2n) is 6.49. The lowest BCUT2D eigenvalue weighted by Gasteiger charge is -2.18. The molecule has 1 aromatic heterocycles. The van der Waals surface area contributed by atoms with Gasteiger partial charge in [0.25, 0.3) is 5.91 Å². The molecule has 5 nitrogen and oxygen atoms in total. The number of benzene rings is 1. The van der Waals surface area contributed by atoms with E-state index in [-0.39, 0.29) is 12.3 Å². The van der Waals surface area contributed by atoms with Gasteiger partial charge in [-0.15, -0.1) is 11.3 Å². The number of carbonyl (C=O) groups is 2.